The number of aromatic nitrogens is 2. The van der Waals surface area contributed by atoms with Crippen molar-refractivity contribution in [2.45, 2.75) is 26.3 Å². The molecular formula is C15H19F2N3. The highest BCUT2D eigenvalue weighted by Gasteiger charge is 2.03. The Balaban J connectivity index is 1.92. The van der Waals surface area contributed by atoms with E-state index in [0.29, 0.717) is 12.1 Å². The zero-order valence-electron chi connectivity index (χ0n) is 11.6. The first-order valence-electron chi connectivity index (χ1n) is 6.83. The highest BCUT2D eigenvalue weighted by Crippen LogP contribution is 2.10. The van der Waals surface area contributed by atoms with Gasteiger partial charge in [0.1, 0.15) is 11.6 Å². The second-order valence-corrected chi connectivity index (χ2v) is 4.82. The Kier molecular flexibility index (Phi) is 5.24. The summed E-state index contributed by atoms with van der Waals surface area (Å²) in [5.74, 6) is -1.10. The van der Waals surface area contributed by atoms with E-state index in [2.05, 4.69) is 17.2 Å². The minimum atomic E-state index is -0.552. The van der Waals surface area contributed by atoms with Crippen molar-refractivity contribution in [3.63, 3.8) is 0 Å². The number of hydrogen-bond acceptors (Lipinski definition) is 2. The average Bonchev–Trinajstić information content (AvgIpc) is 2.81. The van der Waals surface area contributed by atoms with Gasteiger partial charge in [0.2, 0.25) is 0 Å². The van der Waals surface area contributed by atoms with Crippen LogP contribution < -0.4 is 5.32 Å². The highest BCUT2D eigenvalue weighted by atomic mass is 19.1. The van der Waals surface area contributed by atoms with E-state index in [1.165, 1.54) is 12.1 Å². The van der Waals surface area contributed by atoms with E-state index in [-0.39, 0.29) is 0 Å². The first kappa shape index (κ1) is 14.7. The number of halogens is 2. The number of hydrogen-bond donors (Lipinski definition) is 1. The number of nitrogens with zero attached hydrogens (tertiary/aromatic N) is 2. The van der Waals surface area contributed by atoms with Crippen molar-refractivity contribution in [3.05, 3.63) is 53.6 Å². The number of imidazole rings is 1. The van der Waals surface area contributed by atoms with Crippen molar-refractivity contribution in [2.75, 3.05) is 13.1 Å². The Morgan fingerprint density at radius 3 is 2.60 bits per heavy atom. The van der Waals surface area contributed by atoms with Gasteiger partial charge >= 0.3 is 0 Å². The minimum Gasteiger partial charge on any atom is -0.333 e. The smallest absolute Gasteiger partial charge is 0.126 e. The molecule has 0 atom stereocenters. The van der Waals surface area contributed by atoms with E-state index in [1.807, 2.05) is 10.8 Å². The van der Waals surface area contributed by atoms with Crippen LogP contribution in [0.5, 0.6) is 0 Å². The summed E-state index contributed by atoms with van der Waals surface area (Å²) in [7, 11) is 0. The molecule has 0 aliphatic rings. The standard InChI is InChI=1S/C15H19F2N3/c1-2-4-18-5-3-15-10-20(11-19-15)9-12-6-13(16)8-14(17)7-12/h6-8,10-11,18H,2-5,9H2,1H3. The summed E-state index contributed by atoms with van der Waals surface area (Å²) >= 11 is 0. The van der Waals surface area contributed by atoms with Crippen LogP contribution in [-0.4, -0.2) is 22.6 Å². The fraction of sp³-hybridized carbons (Fsp3) is 0.400. The van der Waals surface area contributed by atoms with Gasteiger partial charge in [-0.3, -0.25) is 0 Å². The van der Waals surface area contributed by atoms with E-state index >= 15 is 0 Å². The Bertz CT molecular complexity index is 532. The van der Waals surface area contributed by atoms with E-state index in [4.69, 9.17) is 0 Å². The Labute approximate surface area is 117 Å². The van der Waals surface area contributed by atoms with Gasteiger partial charge in [0.05, 0.1) is 12.0 Å². The molecule has 3 nitrogen and oxygen atoms in total. The molecule has 0 spiro atoms. The molecule has 0 amide bonds. The van der Waals surface area contributed by atoms with Crippen molar-refractivity contribution in [2.24, 2.45) is 0 Å². The first-order chi connectivity index (χ1) is 9.67. The van der Waals surface area contributed by atoms with Gasteiger partial charge in [-0.25, -0.2) is 13.8 Å². The predicted molar refractivity (Wildman–Crippen MR) is 74.6 cm³/mol. The van der Waals surface area contributed by atoms with Crippen LogP contribution in [0.2, 0.25) is 0 Å². The van der Waals surface area contributed by atoms with Gasteiger partial charge in [-0.05, 0) is 30.7 Å². The van der Waals surface area contributed by atoms with Crippen LogP contribution >= 0.6 is 0 Å². The number of nitrogens with one attached hydrogen (secondary N) is 1. The van der Waals surface area contributed by atoms with Gasteiger partial charge in [0.25, 0.3) is 0 Å². The molecular weight excluding hydrogens is 260 g/mol. The van der Waals surface area contributed by atoms with E-state index in [1.54, 1.807) is 6.33 Å². The van der Waals surface area contributed by atoms with Crippen LogP contribution in [0.1, 0.15) is 24.6 Å². The molecule has 1 aromatic carbocycles. The second kappa shape index (κ2) is 7.14. The predicted octanol–water partition coefficient (Wildman–Crippen LogP) is 2.75. The Morgan fingerprint density at radius 2 is 1.90 bits per heavy atom. The fourth-order valence-electron chi connectivity index (χ4n) is 2.05. The summed E-state index contributed by atoms with van der Waals surface area (Å²) in [6.45, 7) is 4.44. The molecule has 0 saturated heterocycles. The molecule has 0 bridgehead atoms. The van der Waals surface area contributed by atoms with Gasteiger partial charge in [-0.1, -0.05) is 6.92 Å². The third-order valence-electron chi connectivity index (χ3n) is 2.96. The van der Waals surface area contributed by atoms with Crippen LogP contribution in [0.4, 0.5) is 8.78 Å². The largest absolute Gasteiger partial charge is 0.333 e. The van der Waals surface area contributed by atoms with Gasteiger partial charge in [0.15, 0.2) is 0 Å². The molecule has 1 N–H and O–H groups in total. The van der Waals surface area contributed by atoms with Gasteiger partial charge in [0, 0.05) is 31.8 Å². The van der Waals surface area contributed by atoms with Crippen molar-refractivity contribution in [1.82, 2.24) is 14.9 Å². The monoisotopic (exact) mass is 279 g/mol. The maximum absolute atomic E-state index is 13.1. The molecule has 0 saturated carbocycles. The maximum Gasteiger partial charge on any atom is 0.126 e. The quantitative estimate of drug-likeness (QED) is 0.790. The van der Waals surface area contributed by atoms with Crippen LogP contribution in [0, 0.1) is 11.6 Å². The van der Waals surface area contributed by atoms with Crippen LogP contribution in [0.3, 0.4) is 0 Å². The summed E-state index contributed by atoms with van der Waals surface area (Å²) in [4.78, 5) is 4.29. The molecule has 0 aliphatic carbocycles. The van der Waals surface area contributed by atoms with Gasteiger partial charge < -0.3 is 9.88 Å². The molecule has 0 unspecified atom stereocenters. The minimum absolute atomic E-state index is 0.421. The maximum atomic E-state index is 13.1. The Hall–Kier alpha value is -1.75. The highest BCUT2D eigenvalue weighted by molar-refractivity contribution is 5.18. The molecule has 2 rings (SSSR count). The summed E-state index contributed by atoms with van der Waals surface area (Å²) in [6.07, 6.45) is 5.57. The lowest BCUT2D eigenvalue weighted by atomic mass is 10.2. The number of benzene rings is 1. The average molecular weight is 279 g/mol. The summed E-state index contributed by atoms with van der Waals surface area (Å²) in [5.41, 5.74) is 1.57. The second-order valence-electron chi connectivity index (χ2n) is 4.82. The fourth-order valence-corrected chi connectivity index (χ4v) is 2.05. The normalized spacial score (nSPS) is 10.9. The molecule has 5 heteroatoms. The lowest BCUT2D eigenvalue weighted by Crippen LogP contribution is -2.17. The molecule has 0 radical (unpaired) electrons. The van der Waals surface area contributed by atoms with E-state index in [9.17, 15) is 8.78 Å². The summed E-state index contributed by atoms with van der Waals surface area (Å²) < 4.78 is 28.0. The molecule has 20 heavy (non-hydrogen) atoms. The topological polar surface area (TPSA) is 29.9 Å². The molecule has 1 heterocycles. The van der Waals surface area contributed by atoms with Crippen molar-refractivity contribution in [3.8, 4) is 0 Å². The third kappa shape index (κ3) is 4.42. The van der Waals surface area contributed by atoms with E-state index in [0.717, 1.165) is 37.7 Å². The first-order valence-corrected chi connectivity index (χ1v) is 6.83. The van der Waals surface area contributed by atoms with Gasteiger partial charge in [-0.15, -0.1) is 0 Å². The number of rotatable bonds is 7. The van der Waals surface area contributed by atoms with Gasteiger partial charge in [-0.2, -0.15) is 0 Å². The molecule has 1 aromatic heterocycles. The third-order valence-corrected chi connectivity index (χ3v) is 2.96. The van der Waals surface area contributed by atoms with Crippen molar-refractivity contribution in [1.29, 1.82) is 0 Å². The lowest BCUT2D eigenvalue weighted by Gasteiger charge is -2.03. The van der Waals surface area contributed by atoms with E-state index < -0.39 is 11.6 Å². The van der Waals surface area contributed by atoms with Crippen LogP contribution in [0.15, 0.2) is 30.7 Å². The summed E-state index contributed by atoms with van der Waals surface area (Å²) in [6, 6.07) is 3.55. The molecule has 0 aliphatic heterocycles. The zero-order chi connectivity index (χ0) is 14.4. The molecule has 108 valence electrons. The molecule has 2 aromatic rings. The summed E-state index contributed by atoms with van der Waals surface area (Å²) in [5, 5.41) is 3.31. The Morgan fingerprint density at radius 1 is 1.15 bits per heavy atom. The molecule has 0 fully saturated rings. The van der Waals surface area contributed by atoms with Crippen molar-refractivity contribution < 1.29 is 8.78 Å². The van der Waals surface area contributed by atoms with Crippen molar-refractivity contribution >= 4 is 0 Å². The lowest BCUT2D eigenvalue weighted by molar-refractivity contribution is 0.577. The SMILES string of the molecule is CCCNCCc1cn(Cc2cc(F)cc(F)c2)cn1. The van der Waals surface area contributed by atoms with Crippen LogP contribution in [-0.2, 0) is 13.0 Å². The zero-order valence-corrected chi connectivity index (χ0v) is 11.6. The van der Waals surface area contributed by atoms with Crippen LogP contribution in [0.25, 0.3) is 0 Å².